The van der Waals surface area contributed by atoms with E-state index < -0.39 is 12.0 Å². The van der Waals surface area contributed by atoms with E-state index in [4.69, 9.17) is 9.84 Å². The summed E-state index contributed by atoms with van der Waals surface area (Å²) < 4.78 is 5.82. The molecule has 1 aromatic rings. The number of hydrogen-bond acceptors (Lipinski definition) is 3. The minimum Gasteiger partial charge on any atom is -0.493 e. The van der Waals surface area contributed by atoms with Crippen LogP contribution in [-0.4, -0.2) is 30.8 Å². The van der Waals surface area contributed by atoms with E-state index in [0.29, 0.717) is 13.0 Å². The van der Waals surface area contributed by atoms with Crippen molar-refractivity contribution in [1.82, 2.24) is 5.32 Å². The summed E-state index contributed by atoms with van der Waals surface area (Å²) in [5, 5.41) is 11.7. The van der Waals surface area contributed by atoms with Crippen LogP contribution in [0.4, 0.5) is 0 Å². The van der Waals surface area contributed by atoms with Gasteiger partial charge in [-0.3, -0.25) is 4.79 Å². The van der Waals surface area contributed by atoms with Crippen LogP contribution in [0.25, 0.3) is 0 Å². The molecule has 4 nitrogen and oxygen atoms in total. The van der Waals surface area contributed by atoms with E-state index in [-0.39, 0.29) is 5.41 Å². The fourth-order valence-corrected chi connectivity index (χ4v) is 2.05. The Hall–Kier alpha value is -1.55. The zero-order valence-electron chi connectivity index (χ0n) is 13.0. The molecule has 2 N–H and O–H groups in total. The third-order valence-electron chi connectivity index (χ3n) is 3.26. The molecule has 1 unspecified atom stereocenters. The molecule has 0 heterocycles. The second kappa shape index (κ2) is 6.75. The first-order valence-corrected chi connectivity index (χ1v) is 6.89. The number of aliphatic carboxylic acids is 1. The Balaban J connectivity index is 2.77. The molecule has 0 fully saturated rings. The van der Waals surface area contributed by atoms with Gasteiger partial charge < -0.3 is 15.2 Å². The number of rotatable bonds is 6. The Morgan fingerprint density at radius 1 is 1.40 bits per heavy atom. The first-order chi connectivity index (χ1) is 9.25. The van der Waals surface area contributed by atoms with E-state index >= 15 is 0 Å². The molecule has 0 aliphatic rings. The van der Waals surface area contributed by atoms with Crippen LogP contribution in [0.2, 0.25) is 0 Å². The van der Waals surface area contributed by atoms with Crippen molar-refractivity contribution >= 4 is 5.97 Å². The number of hydrogen-bond donors (Lipinski definition) is 2. The minimum absolute atomic E-state index is 0.00175. The highest BCUT2D eigenvalue weighted by molar-refractivity contribution is 5.73. The van der Waals surface area contributed by atoms with Crippen LogP contribution in [0.3, 0.4) is 0 Å². The first kappa shape index (κ1) is 16.5. The molecule has 20 heavy (non-hydrogen) atoms. The number of benzene rings is 1. The van der Waals surface area contributed by atoms with Gasteiger partial charge in [0.15, 0.2) is 0 Å². The minimum atomic E-state index is -0.851. The number of carboxylic acid groups (broad SMARTS) is 1. The number of carbonyl (C=O) groups is 1. The van der Waals surface area contributed by atoms with Crippen LogP contribution >= 0.6 is 0 Å². The van der Waals surface area contributed by atoms with Crippen molar-refractivity contribution in [2.75, 3.05) is 13.7 Å². The van der Waals surface area contributed by atoms with Crippen molar-refractivity contribution in [2.24, 2.45) is 0 Å². The van der Waals surface area contributed by atoms with E-state index in [1.54, 1.807) is 7.05 Å². The molecule has 0 aromatic heterocycles. The Kier molecular flexibility index (Phi) is 5.57. The van der Waals surface area contributed by atoms with E-state index in [1.807, 2.05) is 13.0 Å². The lowest BCUT2D eigenvalue weighted by Crippen LogP contribution is -2.35. The molecule has 0 spiro atoms. The van der Waals surface area contributed by atoms with Gasteiger partial charge in [-0.1, -0.05) is 32.9 Å². The predicted octanol–water partition coefficient (Wildman–Crippen LogP) is 2.73. The summed E-state index contributed by atoms with van der Waals surface area (Å²) in [6.45, 7) is 8.81. The topological polar surface area (TPSA) is 58.6 Å². The van der Waals surface area contributed by atoms with Gasteiger partial charge in [0.2, 0.25) is 0 Å². The number of aryl methyl sites for hydroxylation is 1. The maximum atomic E-state index is 10.9. The van der Waals surface area contributed by atoms with Crippen LogP contribution in [0.1, 0.15) is 38.3 Å². The normalized spacial score (nSPS) is 13.1. The van der Waals surface area contributed by atoms with Gasteiger partial charge in [-0.25, -0.2) is 0 Å². The molecule has 1 rings (SSSR count). The molecular formula is C16H25NO3. The average Bonchev–Trinajstić information content (AvgIpc) is 2.32. The van der Waals surface area contributed by atoms with Crippen molar-refractivity contribution in [3.63, 3.8) is 0 Å². The Bertz CT molecular complexity index is 463. The zero-order chi connectivity index (χ0) is 15.3. The van der Waals surface area contributed by atoms with Gasteiger partial charge in [-0.15, -0.1) is 0 Å². The second-order valence-electron chi connectivity index (χ2n) is 6.07. The van der Waals surface area contributed by atoms with E-state index in [1.165, 1.54) is 0 Å². The molecule has 4 heteroatoms. The van der Waals surface area contributed by atoms with Gasteiger partial charge in [0.05, 0.1) is 6.61 Å². The second-order valence-corrected chi connectivity index (χ2v) is 6.07. The summed E-state index contributed by atoms with van der Waals surface area (Å²) >= 11 is 0. The highest BCUT2D eigenvalue weighted by atomic mass is 16.5. The number of ether oxygens (including phenoxy) is 1. The standard InChI is InChI=1S/C16H25NO3/c1-11-6-7-12(16(2,3)4)14(10-11)20-9-8-13(17-5)15(18)19/h6-7,10,13,17H,8-9H2,1-5H3,(H,18,19). The number of carboxylic acids is 1. The number of likely N-dealkylation sites (N-methyl/N-ethyl adjacent to an activating group) is 1. The van der Waals surface area contributed by atoms with Crippen molar-refractivity contribution in [3.05, 3.63) is 29.3 Å². The lowest BCUT2D eigenvalue weighted by Gasteiger charge is -2.23. The lowest BCUT2D eigenvalue weighted by molar-refractivity contribution is -0.139. The van der Waals surface area contributed by atoms with Crippen molar-refractivity contribution < 1.29 is 14.6 Å². The molecule has 0 saturated carbocycles. The molecule has 112 valence electrons. The summed E-state index contributed by atoms with van der Waals surface area (Å²) in [4.78, 5) is 10.9. The summed E-state index contributed by atoms with van der Waals surface area (Å²) in [5.41, 5.74) is 2.27. The van der Waals surface area contributed by atoms with Crippen molar-refractivity contribution in [1.29, 1.82) is 0 Å². The summed E-state index contributed by atoms with van der Waals surface area (Å²) in [7, 11) is 1.64. The lowest BCUT2D eigenvalue weighted by atomic mass is 9.86. The third kappa shape index (κ3) is 4.53. The van der Waals surface area contributed by atoms with Crippen molar-refractivity contribution in [2.45, 2.75) is 45.6 Å². The van der Waals surface area contributed by atoms with E-state index in [0.717, 1.165) is 16.9 Å². The van der Waals surface area contributed by atoms with Crippen LogP contribution in [0, 0.1) is 6.92 Å². The molecule has 0 aliphatic carbocycles. The largest absolute Gasteiger partial charge is 0.493 e. The monoisotopic (exact) mass is 279 g/mol. The third-order valence-corrected chi connectivity index (χ3v) is 3.26. The average molecular weight is 279 g/mol. The van der Waals surface area contributed by atoms with Crippen LogP contribution in [-0.2, 0) is 10.2 Å². The highest BCUT2D eigenvalue weighted by Crippen LogP contribution is 2.32. The molecule has 0 amide bonds. The highest BCUT2D eigenvalue weighted by Gasteiger charge is 2.20. The van der Waals surface area contributed by atoms with Gasteiger partial charge in [0, 0.05) is 6.42 Å². The molecule has 0 bridgehead atoms. The summed E-state index contributed by atoms with van der Waals surface area (Å²) in [5.74, 6) is -0.00544. The van der Waals surface area contributed by atoms with E-state index in [2.05, 4.69) is 38.2 Å². The van der Waals surface area contributed by atoms with Crippen LogP contribution < -0.4 is 10.1 Å². The predicted molar refractivity (Wildman–Crippen MR) is 80.5 cm³/mol. The maximum Gasteiger partial charge on any atom is 0.320 e. The van der Waals surface area contributed by atoms with Gasteiger partial charge in [0.1, 0.15) is 11.8 Å². The summed E-state index contributed by atoms with van der Waals surface area (Å²) in [6, 6.07) is 5.59. The number of nitrogens with one attached hydrogen (secondary N) is 1. The molecule has 0 saturated heterocycles. The summed E-state index contributed by atoms with van der Waals surface area (Å²) in [6.07, 6.45) is 0.434. The fraction of sp³-hybridized carbons (Fsp3) is 0.562. The van der Waals surface area contributed by atoms with Crippen LogP contribution in [0.5, 0.6) is 5.75 Å². The quantitative estimate of drug-likeness (QED) is 0.840. The van der Waals surface area contributed by atoms with Crippen LogP contribution in [0.15, 0.2) is 18.2 Å². The van der Waals surface area contributed by atoms with Gasteiger partial charge in [0.25, 0.3) is 0 Å². The van der Waals surface area contributed by atoms with Gasteiger partial charge >= 0.3 is 5.97 Å². The Labute approximate surface area is 121 Å². The molecule has 0 radical (unpaired) electrons. The van der Waals surface area contributed by atoms with E-state index in [9.17, 15) is 4.79 Å². The SMILES string of the molecule is CNC(CCOc1cc(C)ccc1C(C)(C)C)C(=O)O. The Morgan fingerprint density at radius 2 is 2.05 bits per heavy atom. The zero-order valence-corrected chi connectivity index (χ0v) is 13.0. The Morgan fingerprint density at radius 3 is 2.55 bits per heavy atom. The molecule has 0 aliphatic heterocycles. The first-order valence-electron chi connectivity index (χ1n) is 6.89. The van der Waals surface area contributed by atoms with Gasteiger partial charge in [-0.2, -0.15) is 0 Å². The fourth-order valence-electron chi connectivity index (χ4n) is 2.05. The van der Waals surface area contributed by atoms with Gasteiger partial charge in [-0.05, 0) is 36.6 Å². The smallest absolute Gasteiger partial charge is 0.320 e. The maximum absolute atomic E-state index is 10.9. The molecule has 1 aromatic carbocycles. The molecular weight excluding hydrogens is 254 g/mol. The molecule has 1 atom stereocenters. The van der Waals surface area contributed by atoms with Crippen molar-refractivity contribution in [3.8, 4) is 5.75 Å².